The summed E-state index contributed by atoms with van der Waals surface area (Å²) in [5, 5.41) is 4.28. The number of aryl methyl sites for hydroxylation is 2. The molecule has 0 saturated carbocycles. The van der Waals surface area contributed by atoms with E-state index in [-0.39, 0.29) is 12.5 Å². The molecule has 0 bridgehead atoms. The quantitative estimate of drug-likeness (QED) is 0.658. The average molecular weight is 396 g/mol. The maximum Gasteiger partial charge on any atom is 0.260 e. The zero-order chi connectivity index (χ0) is 20.4. The van der Waals surface area contributed by atoms with Crippen LogP contribution in [0.5, 0.6) is 11.5 Å². The van der Waals surface area contributed by atoms with Crippen LogP contribution >= 0.6 is 0 Å². The fourth-order valence-corrected chi connectivity index (χ4v) is 3.54. The fraction of sp³-hybridized carbons (Fsp3) is 0.381. The molecule has 1 saturated heterocycles. The number of rotatable bonds is 5. The van der Waals surface area contributed by atoms with Crippen molar-refractivity contribution in [2.45, 2.75) is 6.92 Å². The van der Waals surface area contributed by atoms with Crippen LogP contribution in [0.1, 0.15) is 5.56 Å². The normalized spacial score (nSPS) is 14.2. The third-order valence-corrected chi connectivity index (χ3v) is 5.06. The lowest BCUT2D eigenvalue weighted by molar-refractivity contribution is -0.137. The Morgan fingerprint density at radius 2 is 2.00 bits per heavy atom. The topological polar surface area (TPSA) is 78.7 Å². The highest BCUT2D eigenvalue weighted by atomic mass is 16.5. The SMILES string of the molecule is COc1cc(-c2cc(C)c3c(cnn3C)n2)ccc1OCC(=O)N1CCOCC1. The van der Waals surface area contributed by atoms with Crippen molar-refractivity contribution >= 4 is 16.9 Å². The van der Waals surface area contributed by atoms with Gasteiger partial charge < -0.3 is 19.1 Å². The van der Waals surface area contributed by atoms with Crippen molar-refractivity contribution in [3.63, 3.8) is 0 Å². The van der Waals surface area contributed by atoms with Gasteiger partial charge in [0.05, 0.1) is 37.7 Å². The van der Waals surface area contributed by atoms with E-state index in [4.69, 9.17) is 19.2 Å². The first kappa shape index (κ1) is 19.2. The van der Waals surface area contributed by atoms with E-state index in [2.05, 4.69) is 5.10 Å². The molecule has 8 nitrogen and oxygen atoms in total. The first-order chi connectivity index (χ1) is 14.1. The summed E-state index contributed by atoms with van der Waals surface area (Å²) in [4.78, 5) is 18.8. The predicted molar refractivity (Wildman–Crippen MR) is 108 cm³/mol. The molecule has 1 aliphatic rings. The average Bonchev–Trinajstić information content (AvgIpc) is 3.13. The number of hydrogen-bond acceptors (Lipinski definition) is 6. The number of fused-ring (bicyclic) bond motifs is 1. The van der Waals surface area contributed by atoms with Crippen LogP contribution in [-0.4, -0.2) is 65.6 Å². The van der Waals surface area contributed by atoms with E-state index in [1.54, 1.807) is 18.2 Å². The van der Waals surface area contributed by atoms with Crippen molar-refractivity contribution in [3.8, 4) is 22.8 Å². The summed E-state index contributed by atoms with van der Waals surface area (Å²) in [7, 11) is 3.49. The van der Waals surface area contributed by atoms with E-state index in [9.17, 15) is 4.79 Å². The molecular formula is C21H24N4O4. The minimum absolute atomic E-state index is 0.0330. The third-order valence-electron chi connectivity index (χ3n) is 5.06. The molecule has 29 heavy (non-hydrogen) atoms. The highest BCUT2D eigenvalue weighted by Gasteiger charge is 2.18. The molecule has 4 rings (SSSR count). The van der Waals surface area contributed by atoms with Crippen molar-refractivity contribution in [3.05, 3.63) is 36.0 Å². The highest BCUT2D eigenvalue weighted by molar-refractivity contribution is 5.82. The number of methoxy groups -OCH3 is 1. The van der Waals surface area contributed by atoms with Crippen LogP contribution in [0.3, 0.4) is 0 Å². The maximum absolute atomic E-state index is 12.3. The minimum Gasteiger partial charge on any atom is -0.493 e. The van der Waals surface area contributed by atoms with Gasteiger partial charge in [0.25, 0.3) is 5.91 Å². The molecule has 0 N–H and O–H groups in total. The third kappa shape index (κ3) is 3.88. The Morgan fingerprint density at radius 3 is 2.76 bits per heavy atom. The lowest BCUT2D eigenvalue weighted by Crippen LogP contribution is -2.43. The molecule has 0 spiro atoms. The summed E-state index contributed by atoms with van der Waals surface area (Å²) >= 11 is 0. The van der Waals surface area contributed by atoms with Gasteiger partial charge in [0, 0.05) is 25.7 Å². The second kappa shape index (κ2) is 8.08. The second-order valence-corrected chi connectivity index (χ2v) is 6.97. The number of nitrogens with zero attached hydrogens (tertiary/aromatic N) is 4. The van der Waals surface area contributed by atoms with E-state index < -0.39 is 0 Å². The first-order valence-corrected chi connectivity index (χ1v) is 9.53. The van der Waals surface area contributed by atoms with Crippen molar-refractivity contribution in [1.82, 2.24) is 19.7 Å². The first-order valence-electron chi connectivity index (χ1n) is 9.53. The van der Waals surface area contributed by atoms with Crippen molar-refractivity contribution < 1.29 is 19.0 Å². The Hall–Kier alpha value is -3.13. The van der Waals surface area contributed by atoms with Gasteiger partial charge in [-0.3, -0.25) is 9.48 Å². The van der Waals surface area contributed by atoms with Crippen LogP contribution in [0, 0.1) is 6.92 Å². The molecule has 152 valence electrons. The van der Waals surface area contributed by atoms with Crippen LogP contribution < -0.4 is 9.47 Å². The molecule has 1 aliphatic heterocycles. The van der Waals surface area contributed by atoms with E-state index >= 15 is 0 Å². The summed E-state index contributed by atoms with van der Waals surface area (Å²) < 4.78 is 18.3. The molecule has 1 aromatic carbocycles. The van der Waals surface area contributed by atoms with Crippen LogP contribution in [0.25, 0.3) is 22.3 Å². The number of carbonyl (C=O) groups excluding carboxylic acids is 1. The zero-order valence-electron chi connectivity index (χ0n) is 16.8. The summed E-state index contributed by atoms with van der Waals surface area (Å²) in [5.41, 5.74) is 4.69. The monoisotopic (exact) mass is 396 g/mol. The van der Waals surface area contributed by atoms with Crippen LogP contribution in [0.15, 0.2) is 30.5 Å². The number of amides is 1. The van der Waals surface area contributed by atoms with Crippen LogP contribution in [0.4, 0.5) is 0 Å². The van der Waals surface area contributed by atoms with E-state index in [1.165, 1.54) is 0 Å². The molecule has 3 aromatic rings. The van der Waals surface area contributed by atoms with Crippen molar-refractivity contribution in [1.29, 1.82) is 0 Å². The van der Waals surface area contributed by atoms with Gasteiger partial charge in [0.2, 0.25) is 0 Å². The molecule has 1 amide bonds. The number of aromatic nitrogens is 3. The molecule has 0 aliphatic carbocycles. The molecule has 3 heterocycles. The molecular weight excluding hydrogens is 372 g/mol. The van der Waals surface area contributed by atoms with Gasteiger partial charge in [-0.1, -0.05) is 0 Å². The van der Waals surface area contributed by atoms with E-state index in [0.29, 0.717) is 37.8 Å². The van der Waals surface area contributed by atoms with Gasteiger partial charge in [0.15, 0.2) is 18.1 Å². The van der Waals surface area contributed by atoms with Crippen molar-refractivity contribution in [2.75, 3.05) is 40.0 Å². The molecule has 2 aromatic heterocycles. The second-order valence-electron chi connectivity index (χ2n) is 6.97. The summed E-state index contributed by atoms with van der Waals surface area (Å²) in [5.74, 6) is 1.03. The van der Waals surface area contributed by atoms with Crippen molar-refractivity contribution in [2.24, 2.45) is 7.05 Å². The Kier molecular flexibility index (Phi) is 5.35. The highest BCUT2D eigenvalue weighted by Crippen LogP contribution is 2.33. The zero-order valence-corrected chi connectivity index (χ0v) is 16.8. The Labute approximate surface area is 169 Å². The number of morpholine rings is 1. The van der Waals surface area contributed by atoms with Gasteiger partial charge in [-0.2, -0.15) is 5.10 Å². The molecule has 0 unspecified atom stereocenters. The molecule has 0 atom stereocenters. The molecule has 1 fully saturated rings. The number of benzene rings is 1. The maximum atomic E-state index is 12.3. The Balaban J connectivity index is 1.54. The summed E-state index contributed by atoms with van der Waals surface area (Å²) in [6.07, 6.45) is 1.76. The van der Waals surface area contributed by atoms with E-state index in [0.717, 1.165) is 27.9 Å². The summed E-state index contributed by atoms with van der Waals surface area (Å²) in [6, 6.07) is 7.63. The Morgan fingerprint density at radius 1 is 1.21 bits per heavy atom. The minimum atomic E-state index is -0.0567. The number of carbonyl (C=O) groups is 1. The lowest BCUT2D eigenvalue weighted by Gasteiger charge is -2.26. The fourth-order valence-electron chi connectivity index (χ4n) is 3.54. The Bertz CT molecular complexity index is 1040. The van der Waals surface area contributed by atoms with Gasteiger partial charge in [-0.25, -0.2) is 4.98 Å². The van der Waals surface area contributed by atoms with Gasteiger partial charge in [-0.05, 0) is 36.8 Å². The number of ether oxygens (including phenoxy) is 3. The van der Waals surface area contributed by atoms with Gasteiger partial charge in [-0.15, -0.1) is 0 Å². The predicted octanol–water partition coefficient (Wildman–Crippen LogP) is 2.19. The van der Waals surface area contributed by atoms with Gasteiger partial charge >= 0.3 is 0 Å². The van der Waals surface area contributed by atoms with E-state index in [1.807, 2.05) is 42.9 Å². The summed E-state index contributed by atoms with van der Waals surface area (Å²) in [6.45, 7) is 4.34. The number of pyridine rings is 1. The molecule has 8 heteroatoms. The lowest BCUT2D eigenvalue weighted by atomic mass is 10.1. The van der Waals surface area contributed by atoms with Gasteiger partial charge in [0.1, 0.15) is 5.52 Å². The number of hydrogen-bond donors (Lipinski definition) is 0. The smallest absolute Gasteiger partial charge is 0.260 e. The van der Waals surface area contributed by atoms with Crippen LogP contribution in [-0.2, 0) is 16.6 Å². The standard InChI is InChI=1S/C21H24N4O4/c1-14-10-16(23-17-12-22-24(2)21(14)17)15-4-5-18(19(11-15)27-3)29-13-20(26)25-6-8-28-9-7-25/h4-5,10-12H,6-9,13H2,1-3H3. The largest absolute Gasteiger partial charge is 0.493 e. The van der Waals surface area contributed by atoms with Crippen LogP contribution in [0.2, 0.25) is 0 Å². The molecule has 0 radical (unpaired) electrons.